The van der Waals surface area contributed by atoms with Crippen LogP contribution >= 0.6 is 11.6 Å². The fourth-order valence-electron chi connectivity index (χ4n) is 2.33. The standard InChI is InChI=1S/C19H30ClN3O2/c1-12(2)10-18(24)22-14-6-7-16(20)15(11-14)19(25)23(5)9-8-17(21)13(3)4/h6-7,11-13,17H,8-10,21H2,1-5H3,(H,22,24). The first-order valence-electron chi connectivity index (χ1n) is 8.72. The average molecular weight is 368 g/mol. The minimum atomic E-state index is -0.180. The van der Waals surface area contributed by atoms with E-state index in [2.05, 4.69) is 19.2 Å². The summed E-state index contributed by atoms with van der Waals surface area (Å²) >= 11 is 6.18. The van der Waals surface area contributed by atoms with Gasteiger partial charge in [0.15, 0.2) is 0 Å². The van der Waals surface area contributed by atoms with Gasteiger partial charge in [0.1, 0.15) is 0 Å². The number of nitrogens with two attached hydrogens (primary N) is 1. The Hall–Kier alpha value is -1.59. The second-order valence-corrected chi connectivity index (χ2v) is 7.67. The van der Waals surface area contributed by atoms with Crippen LogP contribution in [0.1, 0.15) is 50.9 Å². The quantitative estimate of drug-likeness (QED) is 0.734. The highest BCUT2D eigenvalue weighted by Crippen LogP contribution is 2.22. The molecule has 0 bridgehead atoms. The SMILES string of the molecule is CC(C)CC(=O)Nc1ccc(Cl)c(C(=O)N(C)CCC(N)C(C)C)c1. The van der Waals surface area contributed by atoms with E-state index in [-0.39, 0.29) is 23.8 Å². The van der Waals surface area contributed by atoms with Crippen LogP contribution in [0.2, 0.25) is 5.02 Å². The predicted octanol–water partition coefficient (Wildman–Crippen LogP) is 3.77. The van der Waals surface area contributed by atoms with Crippen LogP contribution in [0.25, 0.3) is 0 Å². The number of nitrogens with one attached hydrogen (secondary N) is 1. The highest BCUT2D eigenvalue weighted by Gasteiger charge is 2.18. The predicted molar refractivity (Wildman–Crippen MR) is 104 cm³/mol. The molecule has 0 saturated carbocycles. The molecule has 3 N–H and O–H groups in total. The van der Waals surface area contributed by atoms with Crippen LogP contribution in [0.15, 0.2) is 18.2 Å². The number of halogens is 1. The number of amides is 2. The lowest BCUT2D eigenvalue weighted by molar-refractivity contribution is -0.116. The van der Waals surface area contributed by atoms with E-state index >= 15 is 0 Å². The summed E-state index contributed by atoms with van der Waals surface area (Å²) in [4.78, 5) is 26.2. The fraction of sp³-hybridized carbons (Fsp3) is 0.579. The number of hydrogen-bond donors (Lipinski definition) is 2. The third-order valence-electron chi connectivity index (χ3n) is 4.08. The van der Waals surface area contributed by atoms with Gasteiger partial charge in [0.25, 0.3) is 5.91 Å². The molecule has 0 aromatic heterocycles. The van der Waals surface area contributed by atoms with Crippen molar-refractivity contribution in [1.82, 2.24) is 4.90 Å². The number of benzene rings is 1. The number of carbonyl (C=O) groups excluding carboxylic acids is 2. The number of hydrogen-bond acceptors (Lipinski definition) is 3. The van der Waals surface area contributed by atoms with E-state index in [1.54, 1.807) is 30.1 Å². The van der Waals surface area contributed by atoms with Crippen LogP contribution in [-0.2, 0) is 4.79 Å². The topological polar surface area (TPSA) is 75.4 Å². The summed E-state index contributed by atoms with van der Waals surface area (Å²) < 4.78 is 0. The Morgan fingerprint density at radius 3 is 2.44 bits per heavy atom. The van der Waals surface area contributed by atoms with Crippen LogP contribution in [0, 0.1) is 11.8 Å². The minimum Gasteiger partial charge on any atom is -0.342 e. The molecule has 0 aliphatic heterocycles. The normalized spacial score (nSPS) is 12.4. The molecule has 1 unspecified atom stereocenters. The van der Waals surface area contributed by atoms with Gasteiger partial charge in [-0.2, -0.15) is 0 Å². The maximum absolute atomic E-state index is 12.7. The zero-order valence-corrected chi connectivity index (χ0v) is 16.6. The Bertz CT molecular complexity index is 602. The lowest BCUT2D eigenvalue weighted by Gasteiger charge is -2.22. The van der Waals surface area contributed by atoms with Gasteiger partial charge in [-0.25, -0.2) is 0 Å². The van der Waals surface area contributed by atoms with Gasteiger partial charge < -0.3 is 16.0 Å². The van der Waals surface area contributed by atoms with Crippen LogP contribution in [0.4, 0.5) is 5.69 Å². The summed E-state index contributed by atoms with van der Waals surface area (Å²) in [6.45, 7) is 8.64. The average Bonchev–Trinajstić information content (AvgIpc) is 2.52. The molecule has 0 saturated heterocycles. The van der Waals surface area contributed by atoms with E-state index in [4.69, 9.17) is 17.3 Å². The van der Waals surface area contributed by atoms with Crippen molar-refractivity contribution < 1.29 is 9.59 Å². The summed E-state index contributed by atoms with van der Waals surface area (Å²) in [6, 6.07) is 5.01. The van der Waals surface area contributed by atoms with Crippen molar-refractivity contribution in [3.05, 3.63) is 28.8 Å². The summed E-state index contributed by atoms with van der Waals surface area (Å²) in [5, 5.41) is 3.18. The Balaban J connectivity index is 2.80. The Labute approximate surface area is 155 Å². The number of rotatable bonds is 8. The molecular weight excluding hydrogens is 338 g/mol. The number of anilines is 1. The molecule has 25 heavy (non-hydrogen) atoms. The van der Waals surface area contributed by atoms with Gasteiger partial charge >= 0.3 is 0 Å². The second-order valence-electron chi connectivity index (χ2n) is 7.26. The molecule has 0 aliphatic rings. The summed E-state index contributed by atoms with van der Waals surface area (Å²) in [7, 11) is 1.73. The van der Waals surface area contributed by atoms with E-state index < -0.39 is 0 Å². The van der Waals surface area contributed by atoms with Crippen molar-refractivity contribution >= 4 is 29.1 Å². The first kappa shape index (κ1) is 21.5. The Morgan fingerprint density at radius 1 is 1.24 bits per heavy atom. The molecule has 1 aromatic carbocycles. The maximum atomic E-state index is 12.7. The fourth-order valence-corrected chi connectivity index (χ4v) is 2.53. The number of carbonyl (C=O) groups is 2. The molecule has 0 aliphatic carbocycles. The van der Waals surface area contributed by atoms with E-state index in [1.807, 2.05) is 13.8 Å². The largest absolute Gasteiger partial charge is 0.342 e. The smallest absolute Gasteiger partial charge is 0.255 e. The van der Waals surface area contributed by atoms with Crippen LogP contribution in [0.5, 0.6) is 0 Å². The molecule has 0 fully saturated rings. The van der Waals surface area contributed by atoms with Gasteiger partial charge in [0.05, 0.1) is 10.6 Å². The van der Waals surface area contributed by atoms with E-state index in [9.17, 15) is 9.59 Å². The van der Waals surface area contributed by atoms with Gasteiger partial charge in [-0.15, -0.1) is 0 Å². The van der Waals surface area contributed by atoms with Crippen molar-refractivity contribution in [3.8, 4) is 0 Å². The van der Waals surface area contributed by atoms with Crippen molar-refractivity contribution in [3.63, 3.8) is 0 Å². The van der Waals surface area contributed by atoms with Crippen LogP contribution < -0.4 is 11.1 Å². The minimum absolute atomic E-state index is 0.0485. The molecule has 0 spiro atoms. The van der Waals surface area contributed by atoms with E-state index in [0.29, 0.717) is 35.2 Å². The zero-order chi connectivity index (χ0) is 19.1. The number of nitrogens with zero attached hydrogens (tertiary/aromatic N) is 1. The van der Waals surface area contributed by atoms with Crippen molar-refractivity contribution in [2.75, 3.05) is 18.9 Å². The molecular formula is C19H30ClN3O2. The monoisotopic (exact) mass is 367 g/mol. The molecule has 0 heterocycles. The van der Waals surface area contributed by atoms with Gasteiger partial charge in [-0.3, -0.25) is 9.59 Å². The van der Waals surface area contributed by atoms with E-state index in [0.717, 1.165) is 6.42 Å². The van der Waals surface area contributed by atoms with E-state index in [1.165, 1.54) is 0 Å². The second kappa shape index (κ2) is 9.78. The zero-order valence-electron chi connectivity index (χ0n) is 15.8. The Kier molecular flexibility index (Phi) is 8.39. The van der Waals surface area contributed by atoms with Gasteiger partial charge in [0, 0.05) is 31.7 Å². The first-order chi connectivity index (χ1) is 11.6. The van der Waals surface area contributed by atoms with Gasteiger partial charge in [-0.1, -0.05) is 39.3 Å². The van der Waals surface area contributed by atoms with Crippen LogP contribution in [0.3, 0.4) is 0 Å². The molecule has 1 rings (SSSR count). The lowest BCUT2D eigenvalue weighted by atomic mass is 10.0. The van der Waals surface area contributed by atoms with Crippen LogP contribution in [-0.4, -0.2) is 36.3 Å². The molecule has 140 valence electrons. The van der Waals surface area contributed by atoms with Crippen molar-refractivity contribution in [2.24, 2.45) is 17.6 Å². The molecule has 1 atom stereocenters. The summed E-state index contributed by atoms with van der Waals surface area (Å²) in [6.07, 6.45) is 1.15. The molecule has 2 amide bonds. The third-order valence-corrected chi connectivity index (χ3v) is 4.40. The molecule has 1 aromatic rings. The molecule has 0 radical (unpaired) electrons. The highest BCUT2D eigenvalue weighted by atomic mass is 35.5. The summed E-state index contributed by atoms with van der Waals surface area (Å²) in [5.41, 5.74) is 6.99. The molecule has 5 nitrogen and oxygen atoms in total. The third kappa shape index (κ3) is 7.04. The lowest BCUT2D eigenvalue weighted by Crippen LogP contribution is -2.34. The highest BCUT2D eigenvalue weighted by molar-refractivity contribution is 6.34. The van der Waals surface area contributed by atoms with Gasteiger partial charge in [0.2, 0.25) is 5.91 Å². The van der Waals surface area contributed by atoms with Crippen molar-refractivity contribution in [2.45, 2.75) is 46.6 Å². The van der Waals surface area contributed by atoms with Crippen molar-refractivity contribution in [1.29, 1.82) is 0 Å². The Morgan fingerprint density at radius 2 is 1.88 bits per heavy atom. The van der Waals surface area contributed by atoms with Gasteiger partial charge in [-0.05, 0) is 36.5 Å². The first-order valence-corrected chi connectivity index (χ1v) is 9.10. The maximum Gasteiger partial charge on any atom is 0.255 e. The summed E-state index contributed by atoms with van der Waals surface area (Å²) in [5.74, 6) is 0.379. The molecule has 6 heteroatoms.